The standard InChI is InChI=1S/C14H16N6O2/c21-13-2-1-3-19(13)10-4-17-20(8-10)11-6-18(7-11)14(22)12-5-15-9-16-12/h4-5,8-9,11H,1-3,6-7H2,(H,15,16). The Hall–Kier alpha value is -2.64. The first kappa shape index (κ1) is 13.1. The second-order valence-corrected chi connectivity index (χ2v) is 5.66. The molecule has 0 atom stereocenters. The summed E-state index contributed by atoms with van der Waals surface area (Å²) in [6.07, 6.45) is 8.16. The summed E-state index contributed by atoms with van der Waals surface area (Å²) in [7, 11) is 0. The van der Waals surface area contributed by atoms with E-state index in [0.29, 0.717) is 25.2 Å². The minimum atomic E-state index is -0.0455. The number of carbonyl (C=O) groups excluding carboxylic acids is 2. The average molecular weight is 300 g/mol. The lowest BCUT2D eigenvalue weighted by atomic mass is 10.1. The zero-order valence-electron chi connectivity index (χ0n) is 12.0. The van der Waals surface area contributed by atoms with Crippen molar-refractivity contribution in [3.8, 4) is 0 Å². The van der Waals surface area contributed by atoms with E-state index < -0.39 is 0 Å². The molecule has 1 N–H and O–H groups in total. The molecule has 0 saturated carbocycles. The van der Waals surface area contributed by atoms with E-state index in [0.717, 1.165) is 18.7 Å². The monoisotopic (exact) mass is 300 g/mol. The molecule has 2 aliphatic rings. The molecule has 0 aromatic carbocycles. The molecule has 0 radical (unpaired) electrons. The molecule has 2 aromatic rings. The third-order valence-corrected chi connectivity index (χ3v) is 4.23. The molecular formula is C14H16N6O2. The number of nitrogens with zero attached hydrogens (tertiary/aromatic N) is 5. The van der Waals surface area contributed by atoms with Gasteiger partial charge in [-0.15, -0.1) is 0 Å². The number of likely N-dealkylation sites (tertiary alicyclic amines) is 1. The van der Waals surface area contributed by atoms with Gasteiger partial charge in [0.2, 0.25) is 5.91 Å². The molecule has 0 spiro atoms. The lowest BCUT2D eigenvalue weighted by Crippen LogP contribution is -2.51. The van der Waals surface area contributed by atoms with Crippen LogP contribution >= 0.6 is 0 Å². The van der Waals surface area contributed by atoms with Crippen molar-refractivity contribution in [2.75, 3.05) is 24.5 Å². The van der Waals surface area contributed by atoms with Gasteiger partial charge in [-0.25, -0.2) is 4.98 Å². The highest BCUT2D eigenvalue weighted by molar-refractivity contribution is 5.95. The van der Waals surface area contributed by atoms with Crippen molar-refractivity contribution in [1.82, 2.24) is 24.6 Å². The van der Waals surface area contributed by atoms with Crippen LogP contribution in [0.25, 0.3) is 0 Å². The predicted molar refractivity (Wildman–Crippen MR) is 77.3 cm³/mol. The van der Waals surface area contributed by atoms with Crippen LogP contribution in [0.2, 0.25) is 0 Å². The Morgan fingerprint density at radius 2 is 2.18 bits per heavy atom. The van der Waals surface area contributed by atoms with E-state index in [-0.39, 0.29) is 17.9 Å². The van der Waals surface area contributed by atoms with Crippen molar-refractivity contribution in [1.29, 1.82) is 0 Å². The fourth-order valence-electron chi connectivity index (χ4n) is 2.92. The van der Waals surface area contributed by atoms with Gasteiger partial charge >= 0.3 is 0 Å². The number of rotatable bonds is 3. The van der Waals surface area contributed by atoms with Crippen molar-refractivity contribution in [3.05, 3.63) is 30.6 Å². The third-order valence-electron chi connectivity index (χ3n) is 4.23. The van der Waals surface area contributed by atoms with Crippen molar-refractivity contribution in [2.45, 2.75) is 18.9 Å². The molecule has 4 heterocycles. The van der Waals surface area contributed by atoms with Gasteiger partial charge in [0, 0.05) is 32.3 Å². The number of H-pyrrole nitrogens is 1. The number of nitrogens with one attached hydrogen (secondary N) is 1. The van der Waals surface area contributed by atoms with Crippen molar-refractivity contribution >= 4 is 17.5 Å². The molecule has 22 heavy (non-hydrogen) atoms. The summed E-state index contributed by atoms with van der Waals surface area (Å²) < 4.78 is 1.84. The Kier molecular flexibility index (Phi) is 2.95. The van der Waals surface area contributed by atoms with Gasteiger partial charge in [0.15, 0.2) is 0 Å². The normalized spacial score (nSPS) is 18.8. The van der Waals surface area contributed by atoms with Gasteiger partial charge in [0.1, 0.15) is 5.69 Å². The maximum atomic E-state index is 12.1. The summed E-state index contributed by atoms with van der Waals surface area (Å²) in [5.74, 6) is 0.111. The molecule has 2 saturated heterocycles. The minimum absolute atomic E-state index is 0.0455. The average Bonchev–Trinajstić information content (AvgIpc) is 3.16. The molecular weight excluding hydrogens is 284 g/mol. The van der Waals surface area contributed by atoms with Gasteiger partial charge in [-0.05, 0) is 6.42 Å². The minimum Gasteiger partial charge on any atom is -0.341 e. The molecule has 2 aliphatic heterocycles. The van der Waals surface area contributed by atoms with Crippen molar-refractivity contribution < 1.29 is 9.59 Å². The van der Waals surface area contributed by atoms with E-state index in [4.69, 9.17) is 0 Å². The number of amides is 2. The summed E-state index contributed by atoms with van der Waals surface area (Å²) in [6, 6.07) is 0.165. The number of hydrogen-bond acceptors (Lipinski definition) is 4. The van der Waals surface area contributed by atoms with Gasteiger partial charge in [-0.2, -0.15) is 5.10 Å². The van der Waals surface area contributed by atoms with E-state index in [1.165, 1.54) is 12.5 Å². The summed E-state index contributed by atoms with van der Waals surface area (Å²) in [5, 5.41) is 4.34. The molecule has 8 heteroatoms. The first-order valence-electron chi connectivity index (χ1n) is 7.34. The Morgan fingerprint density at radius 3 is 2.86 bits per heavy atom. The molecule has 0 unspecified atom stereocenters. The van der Waals surface area contributed by atoms with Crippen LogP contribution in [0, 0.1) is 0 Å². The first-order valence-corrected chi connectivity index (χ1v) is 7.34. The highest BCUT2D eigenvalue weighted by Gasteiger charge is 2.34. The summed E-state index contributed by atoms with van der Waals surface area (Å²) in [4.78, 5) is 34.0. The van der Waals surface area contributed by atoms with Crippen molar-refractivity contribution in [2.24, 2.45) is 0 Å². The smallest absolute Gasteiger partial charge is 0.272 e. The third kappa shape index (κ3) is 2.07. The molecule has 2 fully saturated rings. The highest BCUT2D eigenvalue weighted by atomic mass is 16.2. The van der Waals surface area contributed by atoms with Crippen molar-refractivity contribution in [3.63, 3.8) is 0 Å². The lowest BCUT2D eigenvalue weighted by Gasteiger charge is -2.38. The molecule has 0 aliphatic carbocycles. The Balaban J connectivity index is 1.40. The van der Waals surface area contributed by atoms with Gasteiger partial charge in [0.25, 0.3) is 5.91 Å². The number of anilines is 1. The van der Waals surface area contributed by atoms with E-state index in [1.807, 2.05) is 10.9 Å². The van der Waals surface area contributed by atoms with Crippen LogP contribution in [-0.4, -0.2) is 56.1 Å². The van der Waals surface area contributed by atoms with Crippen LogP contribution in [0.3, 0.4) is 0 Å². The summed E-state index contributed by atoms with van der Waals surface area (Å²) >= 11 is 0. The molecule has 4 rings (SSSR count). The van der Waals surface area contributed by atoms with E-state index in [2.05, 4.69) is 15.1 Å². The van der Waals surface area contributed by atoms with Crippen LogP contribution in [0.5, 0.6) is 0 Å². The lowest BCUT2D eigenvalue weighted by molar-refractivity contribution is -0.117. The van der Waals surface area contributed by atoms with E-state index >= 15 is 0 Å². The Morgan fingerprint density at radius 1 is 1.32 bits per heavy atom. The number of imidazole rings is 1. The SMILES string of the molecule is O=C(c1cnc[nH]1)N1CC(n2cc(N3CCCC3=O)cn2)C1. The summed E-state index contributed by atoms with van der Waals surface area (Å²) in [6.45, 7) is 2.00. The second-order valence-electron chi connectivity index (χ2n) is 5.66. The first-order chi connectivity index (χ1) is 10.7. The topological polar surface area (TPSA) is 87.1 Å². The van der Waals surface area contributed by atoms with Gasteiger partial charge in [-0.1, -0.05) is 0 Å². The number of aromatic nitrogens is 4. The highest BCUT2D eigenvalue weighted by Crippen LogP contribution is 2.26. The second kappa shape index (κ2) is 4.97. The fourth-order valence-corrected chi connectivity index (χ4v) is 2.92. The predicted octanol–water partition coefficient (Wildman–Crippen LogP) is 0.430. The summed E-state index contributed by atoms with van der Waals surface area (Å²) in [5.41, 5.74) is 1.35. The molecule has 0 bridgehead atoms. The van der Waals surface area contributed by atoms with Crippen LogP contribution < -0.4 is 4.90 Å². The van der Waals surface area contributed by atoms with E-state index in [1.54, 1.807) is 16.0 Å². The number of hydrogen-bond donors (Lipinski definition) is 1. The van der Waals surface area contributed by atoms with Crippen LogP contribution in [0.1, 0.15) is 29.4 Å². The fraction of sp³-hybridized carbons (Fsp3) is 0.429. The molecule has 8 nitrogen and oxygen atoms in total. The maximum Gasteiger partial charge on any atom is 0.272 e. The molecule has 2 aromatic heterocycles. The maximum absolute atomic E-state index is 12.1. The Bertz CT molecular complexity index is 701. The zero-order valence-corrected chi connectivity index (χ0v) is 12.0. The quantitative estimate of drug-likeness (QED) is 0.890. The van der Waals surface area contributed by atoms with Gasteiger partial charge in [-0.3, -0.25) is 14.3 Å². The zero-order chi connectivity index (χ0) is 15.1. The largest absolute Gasteiger partial charge is 0.341 e. The van der Waals surface area contributed by atoms with E-state index in [9.17, 15) is 9.59 Å². The van der Waals surface area contributed by atoms with Crippen LogP contribution in [0.15, 0.2) is 24.9 Å². The molecule has 2 amide bonds. The van der Waals surface area contributed by atoms with Crippen LogP contribution in [0.4, 0.5) is 5.69 Å². The van der Waals surface area contributed by atoms with Crippen LogP contribution in [-0.2, 0) is 4.79 Å². The number of carbonyl (C=O) groups is 2. The Labute approximate surface area is 126 Å². The van der Waals surface area contributed by atoms with Gasteiger partial charge < -0.3 is 14.8 Å². The molecule has 114 valence electrons. The van der Waals surface area contributed by atoms with Gasteiger partial charge in [0.05, 0.1) is 30.5 Å². The number of aromatic amines is 1.